The summed E-state index contributed by atoms with van der Waals surface area (Å²) >= 11 is 6.39. The van der Waals surface area contributed by atoms with Crippen molar-refractivity contribution >= 4 is 23.2 Å². The van der Waals surface area contributed by atoms with Crippen molar-refractivity contribution in [1.29, 1.82) is 0 Å². The smallest absolute Gasteiger partial charge is 0.263 e. The van der Waals surface area contributed by atoms with Gasteiger partial charge in [-0.05, 0) is 30.9 Å². The number of halogens is 1. The van der Waals surface area contributed by atoms with Crippen molar-refractivity contribution in [2.45, 2.75) is 47.5 Å². The highest BCUT2D eigenvalue weighted by Crippen LogP contribution is 2.33. The number of carbonyl (C=O) groups is 1. The Morgan fingerprint density at radius 1 is 1.15 bits per heavy atom. The summed E-state index contributed by atoms with van der Waals surface area (Å²) in [7, 11) is 1.43. The molecule has 0 saturated carbocycles. The minimum Gasteiger partial charge on any atom is -0.618 e. The van der Waals surface area contributed by atoms with Crippen molar-refractivity contribution < 1.29 is 14.3 Å². The number of ether oxygens (including phenoxy) is 1. The van der Waals surface area contributed by atoms with Gasteiger partial charge < -0.3 is 15.3 Å². The number of aromatic nitrogens is 1. The second-order valence-corrected chi connectivity index (χ2v) is 6.68. The van der Waals surface area contributed by atoms with Crippen molar-refractivity contribution in [2.75, 3.05) is 12.4 Å². The first-order valence-electron chi connectivity index (χ1n) is 8.66. The van der Waals surface area contributed by atoms with Crippen LogP contribution in [-0.4, -0.2) is 13.0 Å². The first kappa shape index (κ1) is 20.0. The van der Waals surface area contributed by atoms with E-state index in [1.807, 2.05) is 20.8 Å². The molecule has 0 unspecified atom stereocenters. The third-order valence-electron chi connectivity index (χ3n) is 4.60. The molecule has 1 aromatic carbocycles. The van der Waals surface area contributed by atoms with Crippen LogP contribution in [0.4, 0.5) is 5.69 Å². The number of anilines is 1. The van der Waals surface area contributed by atoms with E-state index in [9.17, 15) is 10.0 Å². The Balaban J connectivity index is 2.58. The predicted octanol–water partition coefficient (Wildman–Crippen LogP) is 4.28. The summed E-state index contributed by atoms with van der Waals surface area (Å²) in [6.07, 6.45) is 1.57. The molecule has 2 rings (SSSR count). The fourth-order valence-corrected chi connectivity index (χ4v) is 3.65. The van der Waals surface area contributed by atoms with Gasteiger partial charge in [0.1, 0.15) is 10.6 Å². The molecular formula is C20H25ClN2O3. The van der Waals surface area contributed by atoms with Gasteiger partial charge in [0.25, 0.3) is 5.91 Å². The number of rotatable bonds is 5. The summed E-state index contributed by atoms with van der Waals surface area (Å²) in [5, 5.41) is 15.5. The van der Waals surface area contributed by atoms with Crippen LogP contribution in [0.5, 0.6) is 5.75 Å². The highest BCUT2D eigenvalue weighted by atomic mass is 35.5. The Morgan fingerprint density at radius 3 is 2.15 bits per heavy atom. The lowest BCUT2D eigenvalue weighted by atomic mass is 9.99. The van der Waals surface area contributed by atoms with E-state index in [1.165, 1.54) is 7.11 Å². The van der Waals surface area contributed by atoms with E-state index in [-0.39, 0.29) is 22.0 Å². The lowest BCUT2D eigenvalue weighted by Gasteiger charge is -2.18. The summed E-state index contributed by atoms with van der Waals surface area (Å²) in [4.78, 5) is 13.0. The molecule has 0 spiro atoms. The fraction of sp³-hybridized carbons (Fsp3) is 0.400. The molecule has 0 saturated heterocycles. The molecule has 0 bridgehead atoms. The van der Waals surface area contributed by atoms with Crippen LogP contribution in [0.1, 0.15) is 52.3 Å². The van der Waals surface area contributed by atoms with Gasteiger partial charge in [0, 0.05) is 19.5 Å². The Hall–Kier alpha value is -2.27. The Kier molecular flexibility index (Phi) is 6.13. The monoisotopic (exact) mass is 376 g/mol. The average Bonchev–Trinajstić information content (AvgIpc) is 2.61. The van der Waals surface area contributed by atoms with Gasteiger partial charge >= 0.3 is 0 Å². The van der Waals surface area contributed by atoms with Gasteiger partial charge in [0.2, 0.25) is 17.1 Å². The zero-order valence-corrected chi connectivity index (χ0v) is 16.9. The Labute approximate surface area is 159 Å². The van der Waals surface area contributed by atoms with Crippen molar-refractivity contribution in [3.8, 4) is 5.75 Å². The molecule has 2 aromatic rings. The Bertz CT molecular complexity index is 838. The van der Waals surface area contributed by atoms with Gasteiger partial charge in [0.05, 0.1) is 7.11 Å². The van der Waals surface area contributed by atoms with Crippen LogP contribution in [0.25, 0.3) is 0 Å². The first-order chi connectivity index (χ1) is 12.3. The molecule has 0 atom stereocenters. The van der Waals surface area contributed by atoms with Gasteiger partial charge in [0.15, 0.2) is 0 Å². The van der Waals surface area contributed by atoms with Crippen LogP contribution < -0.4 is 14.8 Å². The van der Waals surface area contributed by atoms with Gasteiger partial charge in [-0.15, -0.1) is 0 Å². The van der Waals surface area contributed by atoms with Gasteiger partial charge in [-0.1, -0.05) is 43.1 Å². The SMILES string of the molecule is CCc1cc(C)cc(CC)c1NC(=O)c1c(Cl)c(OC)c(C)[n+]([O-])c1C. The number of nitrogens with one attached hydrogen (secondary N) is 1. The first-order valence-corrected chi connectivity index (χ1v) is 9.04. The normalized spacial score (nSPS) is 10.7. The van der Waals surface area contributed by atoms with E-state index in [2.05, 4.69) is 17.4 Å². The number of methoxy groups -OCH3 is 1. The summed E-state index contributed by atoms with van der Waals surface area (Å²) in [6.45, 7) is 9.31. The number of amides is 1. The highest BCUT2D eigenvalue weighted by molar-refractivity contribution is 6.36. The van der Waals surface area contributed by atoms with Gasteiger partial charge in [-0.3, -0.25) is 4.79 Å². The summed E-state index contributed by atoms with van der Waals surface area (Å²) in [5.41, 5.74) is 4.75. The van der Waals surface area contributed by atoms with E-state index in [0.717, 1.165) is 35.2 Å². The number of hydrogen-bond donors (Lipinski definition) is 1. The number of carbonyl (C=O) groups excluding carboxylic acids is 1. The lowest BCUT2D eigenvalue weighted by Crippen LogP contribution is -2.37. The molecule has 0 aliphatic carbocycles. The third kappa shape index (κ3) is 3.49. The maximum Gasteiger partial charge on any atom is 0.263 e. The van der Waals surface area contributed by atoms with E-state index in [4.69, 9.17) is 16.3 Å². The molecule has 1 aromatic heterocycles. The molecule has 140 valence electrons. The molecular weight excluding hydrogens is 352 g/mol. The Morgan fingerprint density at radius 2 is 1.69 bits per heavy atom. The molecule has 0 aliphatic rings. The van der Waals surface area contributed by atoms with E-state index < -0.39 is 5.91 Å². The van der Waals surface area contributed by atoms with Crippen LogP contribution in [-0.2, 0) is 12.8 Å². The molecule has 6 heteroatoms. The number of hydrogen-bond acceptors (Lipinski definition) is 3. The van der Waals surface area contributed by atoms with Gasteiger partial charge in [-0.2, -0.15) is 4.73 Å². The van der Waals surface area contributed by atoms with Crippen molar-refractivity contribution in [3.63, 3.8) is 0 Å². The van der Waals surface area contributed by atoms with Crippen molar-refractivity contribution in [2.24, 2.45) is 0 Å². The average molecular weight is 377 g/mol. The minimum absolute atomic E-state index is 0.133. The van der Waals surface area contributed by atoms with Crippen LogP contribution in [0.2, 0.25) is 5.02 Å². The van der Waals surface area contributed by atoms with E-state index in [0.29, 0.717) is 10.4 Å². The molecule has 1 amide bonds. The number of benzene rings is 1. The standard InChI is InChI=1S/C20H25ClN2O3/c1-7-14-9-11(3)10-15(8-2)18(14)22-20(24)16-12(4)23(25)13(5)19(26-6)17(16)21/h9-10H,7-8H2,1-6H3,(H,22,24). The summed E-state index contributed by atoms with van der Waals surface area (Å²) in [6, 6.07) is 4.12. The van der Waals surface area contributed by atoms with E-state index >= 15 is 0 Å². The zero-order chi connectivity index (χ0) is 19.6. The zero-order valence-electron chi connectivity index (χ0n) is 16.1. The maximum atomic E-state index is 13.0. The number of nitrogens with zero attached hydrogens (tertiary/aromatic N) is 1. The van der Waals surface area contributed by atoms with Crippen molar-refractivity contribution in [1.82, 2.24) is 0 Å². The second-order valence-electron chi connectivity index (χ2n) is 6.31. The van der Waals surface area contributed by atoms with E-state index in [1.54, 1.807) is 13.8 Å². The summed E-state index contributed by atoms with van der Waals surface area (Å²) < 4.78 is 5.90. The molecule has 1 N–H and O–H groups in total. The molecule has 26 heavy (non-hydrogen) atoms. The minimum atomic E-state index is -0.413. The molecule has 1 heterocycles. The molecule has 0 aliphatic heterocycles. The topological polar surface area (TPSA) is 65.3 Å². The molecule has 0 radical (unpaired) electrons. The number of aryl methyl sites for hydroxylation is 3. The quantitative estimate of drug-likeness (QED) is 0.625. The van der Waals surface area contributed by atoms with Gasteiger partial charge in [-0.25, -0.2) is 0 Å². The maximum absolute atomic E-state index is 13.0. The highest BCUT2D eigenvalue weighted by Gasteiger charge is 2.28. The molecule has 5 nitrogen and oxygen atoms in total. The third-order valence-corrected chi connectivity index (χ3v) is 4.96. The molecule has 0 fully saturated rings. The number of pyridine rings is 1. The second kappa shape index (κ2) is 7.96. The van der Waals surface area contributed by atoms with Crippen LogP contribution in [0.15, 0.2) is 12.1 Å². The van der Waals surface area contributed by atoms with Crippen LogP contribution >= 0.6 is 11.6 Å². The lowest BCUT2D eigenvalue weighted by molar-refractivity contribution is -0.619. The largest absolute Gasteiger partial charge is 0.618 e. The van der Waals surface area contributed by atoms with Crippen molar-refractivity contribution in [3.05, 3.63) is 56.0 Å². The predicted molar refractivity (Wildman–Crippen MR) is 104 cm³/mol. The van der Waals surface area contributed by atoms with Crippen LogP contribution in [0, 0.1) is 26.0 Å². The fourth-order valence-electron chi connectivity index (χ4n) is 3.21. The summed E-state index contributed by atoms with van der Waals surface area (Å²) in [5.74, 6) is -0.198. The van der Waals surface area contributed by atoms with Crippen LogP contribution in [0.3, 0.4) is 0 Å².